The van der Waals surface area contributed by atoms with Crippen LogP contribution in [0.15, 0.2) is 36.5 Å². The maximum atomic E-state index is 11.0. The van der Waals surface area contributed by atoms with Crippen LogP contribution in [0.3, 0.4) is 0 Å². The molecule has 2 heterocycles. The molecule has 0 unspecified atom stereocenters. The summed E-state index contributed by atoms with van der Waals surface area (Å²) >= 11 is 12.0. The number of halogens is 2. The van der Waals surface area contributed by atoms with Gasteiger partial charge in [-0.15, -0.1) is 0 Å². The van der Waals surface area contributed by atoms with Gasteiger partial charge in [0.15, 0.2) is 0 Å². The third-order valence-corrected chi connectivity index (χ3v) is 4.80. The van der Waals surface area contributed by atoms with Crippen LogP contribution in [0.4, 0.5) is 5.82 Å². The molecule has 25 heavy (non-hydrogen) atoms. The van der Waals surface area contributed by atoms with Crippen LogP contribution in [0.1, 0.15) is 24.8 Å². The van der Waals surface area contributed by atoms with Gasteiger partial charge in [0.25, 0.3) is 0 Å². The van der Waals surface area contributed by atoms with E-state index in [1.54, 1.807) is 18.3 Å². The van der Waals surface area contributed by atoms with Gasteiger partial charge in [-0.05, 0) is 37.1 Å². The van der Waals surface area contributed by atoms with E-state index in [2.05, 4.69) is 4.98 Å². The van der Waals surface area contributed by atoms with Crippen molar-refractivity contribution in [2.45, 2.75) is 31.9 Å². The fourth-order valence-corrected chi connectivity index (χ4v) is 3.44. The minimum absolute atomic E-state index is 0.00430. The first-order valence-electron chi connectivity index (χ1n) is 8.04. The lowest BCUT2D eigenvalue weighted by Crippen LogP contribution is -2.31. The molecule has 0 bridgehead atoms. The summed E-state index contributed by atoms with van der Waals surface area (Å²) in [6, 6.07) is 8.97. The maximum absolute atomic E-state index is 11.0. The van der Waals surface area contributed by atoms with Gasteiger partial charge in [0, 0.05) is 28.2 Å². The molecule has 7 heteroatoms. The van der Waals surface area contributed by atoms with Gasteiger partial charge in [-0.2, -0.15) is 0 Å². The van der Waals surface area contributed by atoms with Crippen LogP contribution >= 0.6 is 23.2 Å². The number of carboxylic acids is 1. The molecule has 0 aliphatic carbocycles. The van der Waals surface area contributed by atoms with Gasteiger partial charge in [0.05, 0.1) is 12.6 Å². The molecular formula is C18H18Cl2N2O3. The summed E-state index contributed by atoms with van der Waals surface area (Å²) < 4.78 is 5.72. The van der Waals surface area contributed by atoms with E-state index in [1.165, 1.54) is 0 Å². The second-order valence-electron chi connectivity index (χ2n) is 5.96. The zero-order valence-corrected chi connectivity index (χ0v) is 15.0. The van der Waals surface area contributed by atoms with Gasteiger partial charge in [0.1, 0.15) is 18.2 Å². The second kappa shape index (κ2) is 7.93. The van der Waals surface area contributed by atoms with Crippen molar-refractivity contribution in [2.75, 3.05) is 11.4 Å². The van der Waals surface area contributed by atoms with Crippen LogP contribution in [0, 0.1) is 0 Å². The number of ether oxygens (including phenoxy) is 1. The normalized spacial score (nSPS) is 16.9. The molecule has 0 saturated carbocycles. The van der Waals surface area contributed by atoms with Crippen molar-refractivity contribution in [3.63, 3.8) is 0 Å². The van der Waals surface area contributed by atoms with E-state index in [9.17, 15) is 4.79 Å². The second-order valence-corrected chi connectivity index (χ2v) is 6.81. The monoisotopic (exact) mass is 380 g/mol. The third kappa shape index (κ3) is 4.55. The van der Waals surface area contributed by atoms with Crippen molar-refractivity contribution in [2.24, 2.45) is 0 Å². The SMILES string of the molecule is O=C(O)C[C@@H]1CCCN1c1ccc(OCc2ccc(Cl)cc2Cl)cn1. The molecule has 2 aromatic rings. The molecule has 0 spiro atoms. The Morgan fingerprint density at radius 2 is 2.16 bits per heavy atom. The van der Waals surface area contributed by atoms with Crippen molar-refractivity contribution in [1.29, 1.82) is 0 Å². The molecule has 0 radical (unpaired) electrons. The third-order valence-electron chi connectivity index (χ3n) is 4.21. The smallest absolute Gasteiger partial charge is 0.305 e. The molecule has 1 atom stereocenters. The Morgan fingerprint density at radius 1 is 1.32 bits per heavy atom. The van der Waals surface area contributed by atoms with Crippen LogP contribution in [0.25, 0.3) is 0 Å². The summed E-state index contributed by atoms with van der Waals surface area (Å²) in [5.41, 5.74) is 0.844. The highest BCUT2D eigenvalue weighted by Gasteiger charge is 2.27. The molecule has 5 nitrogen and oxygen atoms in total. The Kier molecular flexibility index (Phi) is 5.66. The van der Waals surface area contributed by atoms with E-state index in [1.807, 2.05) is 23.1 Å². The van der Waals surface area contributed by atoms with E-state index >= 15 is 0 Å². The van der Waals surface area contributed by atoms with Crippen LogP contribution in [-0.4, -0.2) is 28.6 Å². The molecule has 1 aromatic heterocycles. The Labute approximate surface area is 156 Å². The molecule has 1 fully saturated rings. The zero-order chi connectivity index (χ0) is 17.8. The van der Waals surface area contributed by atoms with E-state index in [0.29, 0.717) is 22.4 Å². The predicted octanol–water partition coefficient (Wildman–Crippen LogP) is 4.41. The Bertz CT molecular complexity index is 752. The molecule has 1 N–H and O–H groups in total. The average Bonchev–Trinajstić information content (AvgIpc) is 3.02. The minimum atomic E-state index is -0.781. The number of anilines is 1. The summed E-state index contributed by atoms with van der Waals surface area (Å²) in [6.45, 7) is 1.15. The number of benzene rings is 1. The summed E-state index contributed by atoms with van der Waals surface area (Å²) in [6.07, 6.45) is 3.64. The molecular weight excluding hydrogens is 363 g/mol. The van der Waals surface area contributed by atoms with Crippen molar-refractivity contribution in [3.05, 3.63) is 52.1 Å². The van der Waals surface area contributed by atoms with Gasteiger partial charge in [-0.3, -0.25) is 4.79 Å². The number of carbonyl (C=O) groups is 1. The highest BCUT2D eigenvalue weighted by atomic mass is 35.5. The summed E-state index contributed by atoms with van der Waals surface area (Å²) in [4.78, 5) is 17.4. The predicted molar refractivity (Wildman–Crippen MR) is 97.7 cm³/mol. The van der Waals surface area contributed by atoms with Gasteiger partial charge in [-0.1, -0.05) is 29.3 Å². The molecule has 1 aliphatic rings. The van der Waals surface area contributed by atoms with Crippen molar-refractivity contribution >= 4 is 35.0 Å². The van der Waals surface area contributed by atoms with Crippen molar-refractivity contribution in [3.8, 4) is 5.75 Å². The van der Waals surface area contributed by atoms with Gasteiger partial charge in [0.2, 0.25) is 0 Å². The maximum Gasteiger partial charge on any atom is 0.305 e. The number of hydrogen-bond donors (Lipinski definition) is 1. The molecule has 1 saturated heterocycles. The fourth-order valence-electron chi connectivity index (χ4n) is 2.98. The first-order valence-corrected chi connectivity index (χ1v) is 8.80. The quantitative estimate of drug-likeness (QED) is 0.803. The Balaban J connectivity index is 1.63. The largest absolute Gasteiger partial charge is 0.487 e. The lowest BCUT2D eigenvalue weighted by molar-refractivity contribution is -0.137. The van der Waals surface area contributed by atoms with E-state index < -0.39 is 5.97 Å². The lowest BCUT2D eigenvalue weighted by atomic mass is 10.1. The number of pyridine rings is 1. The number of hydrogen-bond acceptors (Lipinski definition) is 4. The molecule has 0 amide bonds. The highest BCUT2D eigenvalue weighted by molar-refractivity contribution is 6.35. The van der Waals surface area contributed by atoms with E-state index in [0.717, 1.165) is 30.8 Å². The first kappa shape index (κ1) is 17.8. The first-order chi connectivity index (χ1) is 12.0. The van der Waals surface area contributed by atoms with Crippen LogP contribution in [0.2, 0.25) is 10.0 Å². The fraction of sp³-hybridized carbons (Fsp3) is 0.333. The van der Waals surface area contributed by atoms with E-state index in [-0.39, 0.29) is 12.5 Å². The lowest BCUT2D eigenvalue weighted by Gasteiger charge is -2.24. The zero-order valence-electron chi connectivity index (χ0n) is 13.5. The van der Waals surface area contributed by atoms with Gasteiger partial charge >= 0.3 is 5.97 Å². The van der Waals surface area contributed by atoms with Gasteiger partial charge < -0.3 is 14.7 Å². The number of rotatable bonds is 6. The van der Waals surface area contributed by atoms with Crippen molar-refractivity contribution < 1.29 is 14.6 Å². The van der Waals surface area contributed by atoms with Crippen molar-refractivity contribution in [1.82, 2.24) is 4.98 Å². The van der Waals surface area contributed by atoms with E-state index in [4.69, 9.17) is 33.0 Å². The summed E-state index contributed by atoms with van der Waals surface area (Å²) in [5.74, 6) is 0.626. The highest BCUT2D eigenvalue weighted by Crippen LogP contribution is 2.27. The molecule has 1 aliphatic heterocycles. The average molecular weight is 381 g/mol. The van der Waals surface area contributed by atoms with Crippen LogP contribution in [-0.2, 0) is 11.4 Å². The molecule has 132 valence electrons. The number of aliphatic carboxylic acids is 1. The number of aromatic nitrogens is 1. The number of carboxylic acid groups (broad SMARTS) is 1. The minimum Gasteiger partial charge on any atom is -0.487 e. The molecule has 3 rings (SSSR count). The topological polar surface area (TPSA) is 62.7 Å². The standard InChI is InChI=1S/C18H18Cl2N2O3/c19-13-4-3-12(16(20)8-13)11-25-15-5-6-17(21-10-15)22-7-1-2-14(22)9-18(23)24/h3-6,8,10,14H,1-2,7,9,11H2,(H,23,24)/t14-/m0/s1. The van der Waals surface area contributed by atoms with Crippen LogP contribution < -0.4 is 9.64 Å². The molecule has 1 aromatic carbocycles. The van der Waals surface area contributed by atoms with Gasteiger partial charge in [-0.25, -0.2) is 4.98 Å². The van der Waals surface area contributed by atoms with Crippen LogP contribution in [0.5, 0.6) is 5.75 Å². The summed E-state index contributed by atoms with van der Waals surface area (Å²) in [5, 5.41) is 10.2. The Hall–Kier alpha value is -1.98. The number of nitrogens with zero attached hydrogens (tertiary/aromatic N) is 2. The Morgan fingerprint density at radius 3 is 2.84 bits per heavy atom. The summed E-state index contributed by atoms with van der Waals surface area (Å²) in [7, 11) is 0.